The second-order valence-corrected chi connectivity index (χ2v) is 8.09. The van der Waals surface area contributed by atoms with E-state index >= 15 is 0 Å². The van der Waals surface area contributed by atoms with Gasteiger partial charge in [-0.15, -0.1) is 0 Å². The van der Waals surface area contributed by atoms with E-state index in [0.29, 0.717) is 17.5 Å². The van der Waals surface area contributed by atoms with Gasteiger partial charge in [0.15, 0.2) is 0 Å². The summed E-state index contributed by atoms with van der Waals surface area (Å²) in [6, 6.07) is 3.72. The van der Waals surface area contributed by atoms with Crippen molar-refractivity contribution >= 4 is 28.2 Å². The van der Waals surface area contributed by atoms with Gasteiger partial charge in [-0.3, -0.25) is 0 Å². The molecule has 0 fully saturated rings. The Morgan fingerprint density at radius 2 is 1.67 bits per heavy atom. The molecule has 0 amide bonds. The molecule has 7 nitrogen and oxygen atoms in total. The number of aromatic nitrogens is 4. The number of hydrogen-bond acceptors (Lipinski definition) is 7. The Kier molecular flexibility index (Phi) is 4.73. The van der Waals surface area contributed by atoms with Crippen LogP contribution in [0, 0.1) is 0 Å². The zero-order valence-electron chi connectivity index (χ0n) is 16.6. The summed E-state index contributed by atoms with van der Waals surface area (Å²) in [5, 5.41) is 18.6. The van der Waals surface area contributed by atoms with Crippen LogP contribution in [0.4, 0.5) is 17.5 Å². The fourth-order valence-corrected chi connectivity index (χ4v) is 2.81. The Hall–Kier alpha value is -2.80. The molecule has 27 heavy (non-hydrogen) atoms. The maximum atomic E-state index is 10.5. The Balaban J connectivity index is 2.06. The SMILES string of the molecule is CNc1ncc(C(C)(C)O)c2cc(Nc3ccnc(C(C)(C)C)n3)ncc12. The van der Waals surface area contributed by atoms with E-state index in [1.165, 1.54) is 0 Å². The Morgan fingerprint density at radius 3 is 2.30 bits per heavy atom. The average molecular weight is 366 g/mol. The second-order valence-electron chi connectivity index (χ2n) is 8.09. The molecule has 3 aromatic rings. The quantitative estimate of drug-likeness (QED) is 0.647. The van der Waals surface area contributed by atoms with Crippen LogP contribution in [0.1, 0.15) is 46.0 Å². The van der Waals surface area contributed by atoms with Crippen molar-refractivity contribution in [1.29, 1.82) is 0 Å². The van der Waals surface area contributed by atoms with Gasteiger partial charge in [0.2, 0.25) is 0 Å². The van der Waals surface area contributed by atoms with Crippen molar-refractivity contribution in [3.05, 3.63) is 42.1 Å². The molecule has 3 rings (SSSR count). The zero-order valence-corrected chi connectivity index (χ0v) is 16.6. The summed E-state index contributed by atoms with van der Waals surface area (Å²) < 4.78 is 0. The molecule has 142 valence electrons. The second kappa shape index (κ2) is 6.74. The van der Waals surface area contributed by atoms with Crippen molar-refractivity contribution < 1.29 is 5.11 Å². The average Bonchev–Trinajstić information content (AvgIpc) is 2.59. The highest BCUT2D eigenvalue weighted by Crippen LogP contribution is 2.32. The van der Waals surface area contributed by atoms with Gasteiger partial charge in [0.05, 0.1) is 5.60 Å². The van der Waals surface area contributed by atoms with Crippen LogP contribution in [-0.2, 0) is 11.0 Å². The van der Waals surface area contributed by atoms with Crippen molar-refractivity contribution in [1.82, 2.24) is 19.9 Å². The third kappa shape index (κ3) is 3.98. The van der Waals surface area contributed by atoms with Gasteiger partial charge in [-0.2, -0.15) is 0 Å². The van der Waals surface area contributed by atoms with E-state index in [-0.39, 0.29) is 5.41 Å². The fraction of sp³-hybridized carbons (Fsp3) is 0.400. The van der Waals surface area contributed by atoms with Gasteiger partial charge in [-0.1, -0.05) is 20.8 Å². The molecule has 3 aromatic heterocycles. The lowest BCUT2D eigenvalue weighted by Crippen LogP contribution is -2.17. The Bertz CT molecular complexity index is 972. The molecule has 0 atom stereocenters. The zero-order chi connectivity index (χ0) is 19.8. The van der Waals surface area contributed by atoms with E-state index in [1.54, 1.807) is 32.4 Å². The third-order valence-electron chi connectivity index (χ3n) is 4.25. The molecule has 0 aliphatic carbocycles. The molecule has 7 heteroatoms. The van der Waals surface area contributed by atoms with Gasteiger partial charge in [0.25, 0.3) is 0 Å². The number of aliphatic hydroxyl groups is 1. The number of nitrogens with one attached hydrogen (secondary N) is 2. The molecule has 0 aliphatic heterocycles. The minimum Gasteiger partial charge on any atom is -0.386 e. The lowest BCUT2D eigenvalue weighted by molar-refractivity contribution is 0.0799. The van der Waals surface area contributed by atoms with E-state index < -0.39 is 5.60 Å². The largest absolute Gasteiger partial charge is 0.386 e. The fourth-order valence-electron chi connectivity index (χ4n) is 2.81. The number of pyridine rings is 2. The van der Waals surface area contributed by atoms with Crippen molar-refractivity contribution in [2.45, 2.75) is 45.6 Å². The van der Waals surface area contributed by atoms with Crippen LogP contribution < -0.4 is 10.6 Å². The molecule has 0 saturated heterocycles. The van der Waals surface area contributed by atoms with E-state index in [0.717, 1.165) is 22.2 Å². The number of anilines is 3. The molecular weight excluding hydrogens is 340 g/mol. The highest BCUT2D eigenvalue weighted by Gasteiger charge is 2.22. The molecule has 0 bridgehead atoms. The highest BCUT2D eigenvalue weighted by molar-refractivity contribution is 5.95. The summed E-state index contributed by atoms with van der Waals surface area (Å²) in [5.74, 6) is 2.79. The Morgan fingerprint density at radius 1 is 0.926 bits per heavy atom. The van der Waals surface area contributed by atoms with Gasteiger partial charge >= 0.3 is 0 Å². The van der Waals surface area contributed by atoms with Crippen LogP contribution >= 0.6 is 0 Å². The van der Waals surface area contributed by atoms with Gasteiger partial charge < -0.3 is 15.7 Å². The first kappa shape index (κ1) is 19.0. The van der Waals surface area contributed by atoms with Crippen LogP contribution in [0.25, 0.3) is 10.8 Å². The monoisotopic (exact) mass is 366 g/mol. The molecule has 0 radical (unpaired) electrons. The summed E-state index contributed by atoms with van der Waals surface area (Å²) in [7, 11) is 1.81. The van der Waals surface area contributed by atoms with Crippen molar-refractivity contribution in [3.63, 3.8) is 0 Å². The summed E-state index contributed by atoms with van der Waals surface area (Å²) in [5.41, 5.74) is -0.430. The number of nitrogens with zero attached hydrogens (tertiary/aromatic N) is 4. The minimum atomic E-state index is -1.02. The van der Waals surface area contributed by atoms with Gasteiger partial charge in [-0.25, -0.2) is 19.9 Å². The topological polar surface area (TPSA) is 95.9 Å². The van der Waals surface area contributed by atoms with Crippen LogP contribution in [0.2, 0.25) is 0 Å². The van der Waals surface area contributed by atoms with Gasteiger partial charge in [0, 0.05) is 42.0 Å². The molecule has 0 saturated carbocycles. The number of fused-ring (bicyclic) bond motifs is 1. The van der Waals surface area contributed by atoms with E-state index in [4.69, 9.17) is 0 Å². The standard InChI is InChI=1S/C20H26N6O/c1-19(2,3)18-22-8-7-15(26-18)25-16-9-12-13(10-23-16)17(21-6)24-11-14(12)20(4,5)27/h7-11,27H,1-6H3,(H,21,24)(H,22,23,25,26). The lowest BCUT2D eigenvalue weighted by Gasteiger charge is -2.21. The van der Waals surface area contributed by atoms with Crippen molar-refractivity contribution in [3.8, 4) is 0 Å². The van der Waals surface area contributed by atoms with Gasteiger partial charge in [0.1, 0.15) is 23.3 Å². The van der Waals surface area contributed by atoms with Crippen LogP contribution in [0.3, 0.4) is 0 Å². The van der Waals surface area contributed by atoms with E-state index in [1.807, 2.05) is 19.2 Å². The molecular formula is C20H26N6O. The molecule has 3 heterocycles. The summed E-state index contributed by atoms with van der Waals surface area (Å²) in [6.07, 6.45) is 5.18. The first-order valence-electron chi connectivity index (χ1n) is 8.89. The summed E-state index contributed by atoms with van der Waals surface area (Å²) >= 11 is 0. The van der Waals surface area contributed by atoms with Gasteiger partial charge in [-0.05, 0) is 31.4 Å². The van der Waals surface area contributed by atoms with Crippen LogP contribution in [0.15, 0.2) is 30.7 Å². The summed E-state index contributed by atoms with van der Waals surface area (Å²) in [6.45, 7) is 9.71. The van der Waals surface area contributed by atoms with Crippen molar-refractivity contribution in [2.24, 2.45) is 0 Å². The predicted molar refractivity (Wildman–Crippen MR) is 108 cm³/mol. The first-order valence-corrected chi connectivity index (χ1v) is 8.89. The minimum absolute atomic E-state index is 0.143. The Labute approximate surface area is 159 Å². The third-order valence-corrected chi connectivity index (χ3v) is 4.25. The number of hydrogen-bond donors (Lipinski definition) is 3. The van der Waals surface area contributed by atoms with Crippen LogP contribution in [-0.4, -0.2) is 32.1 Å². The molecule has 0 aromatic carbocycles. The predicted octanol–water partition coefficient (Wildman–Crippen LogP) is 3.73. The highest BCUT2D eigenvalue weighted by atomic mass is 16.3. The smallest absolute Gasteiger partial charge is 0.135 e. The summed E-state index contributed by atoms with van der Waals surface area (Å²) in [4.78, 5) is 17.8. The van der Waals surface area contributed by atoms with E-state index in [2.05, 4.69) is 51.3 Å². The molecule has 0 spiro atoms. The molecule has 0 aliphatic rings. The van der Waals surface area contributed by atoms with E-state index in [9.17, 15) is 5.11 Å². The first-order chi connectivity index (χ1) is 12.6. The molecule has 3 N–H and O–H groups in total. The van der Waals surface area contributed by atoms with Crippen LogP contribution in [0.5, 0.6) is 0 Å². The maximum absolute atomic E-state index is 10.5. The normalized spacial score (nSPS) is 12.3. The lowest BCUT2D eigenvalue weighted by atomic mass is 9.95. The molecule has 0 unspecified atom stereocenters. The van der Waals surface area contributed by atoms with Crippen molar-refractivity contribution in [2.75, 3.05) is 17.7 Å². The number of rotatable bonds is 4. The maximum Gasteiger partial charge on any atom is 0.135 e.